The fourth-order valence-corrected chi connectivity index (χ4v) is 3.39. The molecule has 0 radical (unpaired) electrons. The van der Waals surface area contributed by atoms with Crippen LogP contribution in [0.4, 0.5) is 0 Å². The number of rotatable bonds is 9. The van der Waals surface area contributed by atoms with E-state index in [1.807, 2.05) is 0 Å². The Kier molecular flexibility index (Phi) is 8.47. The summed E-state index contributed by atoms with van der Waals surface area (Å²) < 4.78 is 1.17. The predicted molar refractivity (Wildman–Crippen MR) is 93.2 cm³/mol. The summed E-state index contributed by atoms with van der Waals surface area (Å²) in [4.78, 5) is 0. The fraction of sp³-hybridized carbons (Fsp3) is 0.667. The monoisotopic (exact) mass is 339 g/mol. The highest BCUT2D eigenvalue weighted by atomic mass is 79.9. The number of halogens is 1. The molecule has 0 aliphatic heterocycles. The SMILES string of the molecule is CCCCC(CC)CC(NCC)c1ccc(Br)cc1C. The fourth-order valence-electron chi connectivity index (χ4n) is 2.91. The van der Waals surface area contributed by atoms with Crippen LogP contribution in [0.2, 0.25) is 0 Å². The number of benzene rings is 1. The lowest BCUT2D eigenvalue weighted by molar-refractivity contribution is 0.356. The molecule has 0 heterocycles. The van der Waals surface area contributed by atoms with E-state index in [4.69, 9.17) is 0 Å². The van der Waals surface area contributed by atoms with E-state index >= 15 is 0 Å². The zero-order valence-corrected chi connectivity index (χ0v) is 15.1. The summed E-state index contributed by atoms with van der Waals surface area (Å²) in [7, 11) is 0. The minimum absolute atomic E-state index is 0.495. The van der Waals surface area contributed by atoms with E-state index in [-0.39, 0.29) is 0 Å². The predicted octanol–water partition coefficient (Wildman–Crippen LogP) is 6.01. The molecule has 2 heteroatoms. The van der Waals surface area contributed by atoms with E-state index in [1.165, 1.54) is 47.7 Å². The van der Waals surface area contributed by atoms with E-state index in [0.29, 0.717) is 6.04 Å². The first-order valence-corrected chi connectivity index (χ1v) is 8.91. The maximum absolute atomic E-state index is 3.69. The van der Waals surface area contributed by atoms with Crippen LogP contribution >= 0.6 is 15.9 Å². The van der Waals surface area contributed by atoms with Crippen LogP contribution in [0.25, 0.3) is 0 Å². The first-order valence-electron chi connectivity index (χ1n) is 8.11. The quantitative estimate of drug-likeness (QED) is 0.580. The van der Waals surface area contributed by atoms with Crippen LogP contribution in [-0.2, 0) is 0 Å². The van der Waals surface area contributed by atoms with Gasteiger partial charge >= 0.3 is 0 Å². The number of unbranched alkanes of at least 4 members (excludes halogenated alkanes) is 1. The van der Waals surface area contributed by atoms with E-state index in [0.717, 1.165) is 12.5 Å². The van der Waals surface area contributed by atoms with Crippen LogP contribution in [0, 0.1) is 12.8 Å². The van der Waals surface area contributed by atoms with Gasteiger partial charge in [-0.05, 0) is 49.1 Å². The third kappa shape index (κ3) is 5.57. The van der Waals surface area contributed by atoms with Crippen LogP contribution in [0.3, 0.4) is 0 Å². The lowest BCUT2D eigenvalue weighted by Crippen LogP contribution is -2.24. The average molecular weight is 340 g/mol. The maximum atomic E-state index is 3.69. The molecule has 0 aliphatic rings. The van der Waals surface area contributed by atoms with Gasteiger partial charge in [0.25, 0.3) is 0 Å². The van der Waals surface area contributed by atoms with Crippen molar-refractivity contribution >= 4 is 15.9 Å². The molecule has 0 spiro atoms. The van der Waals surface area contributed by atoms with E-state index in [9.17, 15) is 0 Å². The third-order valence-corrected chi connectivity index (χ3v) is 4.66. The van der Waals surface area contributed by atoms with Crippen molar-refractivity contribution in [3.63, 3.8) is 0 Å². The van der Waals surface area contributed by atoms with Crippen LogP contribution in [0.5, 0.6) is 0 Å². The summed E-state index contributed by atoms with van der Waals surface area (Å²) in [6.07, 6.45) is 6.57. The number of aryl methyl sites for hydroxylation is 1. The van der Waals surface area contributed by atoms with Crippen molar-refractivity contribution in [1.82, 2.24) is 5.32 Å². The molecule has 0 amide bonds. The molecule has 0 aliphatic carbocycles. The highest BCUT2D eigenvalue weighted by Crippen LogP contribution is 2.29. The standard InChI is InChI=1S/C18H30BrN/c1-5-8-9-15(6-2)13-18(20-7-3)17-11-10-16(19)12-14(17)4/h10-12,15,18,20H,5-9,13H2,1-4H3. The minimum atomic E-state index is 0.495. The maximum Gasteiger partial charge on any atom is 0.0325 e. The van der Waals surface area contributed by atoms with Gasteiger partial charge in [-0.15, -0.1) is 0 Å². The molecule has 0 bridgehead atoms. The molecule has 0 saturated heterocycles. The highest BCUT2D eigenvalue weighted by Gasteiger charge is 2.17. The summed E-state index contributed by atoms with van der Waals surface area (Å²) in [5.41, 5.74) is 2.85. The Morgan fingerprint density at radius 1 is 1.20 bits per heavy atom. The molecule has 114 valence electrons. The molecular formula is C18H30BrN. The van der Waals surface area contributed by atoms with Crippen molar-refractivity contribution in [3.8, 4) is 0 Å². The average Bonchev–Trinajstić information content (AvgIpc) is 2.42. The Morgan fingerprint density at radius 3 is 2.50 bits per heavy atom. The Hall–Kier alpha value is -0.340. The second kappa shape index (κ2) is 9.57. The van der Waals surface area contributed by atoms with Gasteiger partial charge in [-0.25, -0.2) is 0 Å². The van der Waals surface area contributed by atoms with Gasteiger partial charge in [0.2, 0.25) is 0 Å². The first kappa shape index (κ1) is 17.7. The molecule has 1 aromatic carbocycles. The summed E-state index contributed by atoms with van der Waals surface area (Å²) in [5, 5.41) is 3.69. The zero-order chi connectivity index (χ0) is 15.0. The molecule has 0 aromatic heterocycles. The lowest BCUT2D eigenvalue weighted by Gasteiger charge is -2.25. The molecule has 0 saturated carbocycles. The van der Waals surface area contributed by atoms with Crippen LogP contribution in [0.15, 0.2) is 22.7 Å². The van der Waals surface area contributed by atoms with Crippen molar-refractivity contribution in [2.75, 3.05) is 6.54 Å². The van der Waals surface area contributed by atoms with Crippen molar-refractivity contribution < 1.29 is 0 Å². The zero-order valence-electron chi connectivity index (χ0n) is 13.5. The second-order valence-corrected chi connectivity index (χ2v) is 6.68. The van der Waals surface area contributed by atoms with E-state index in [1.54, 1.807) is 0 Å². The molecule has 2 unspecified atom stereocenters. The Labute approximate surface area is 133 Å². The molecule has 1 rings (SSSR count). The summed E-state index contributed by atoms with van der Waals surface area (Å²) in [6, 6.07) is 7.17. The van der Waals surface area contributed by atoms with Gasteiger partial charge in [-0.1, -0.05) is 68.5 Å². The van der Waals surface area contributed by atoms with Crippen molar-refractivity contribution in [2.45, 2.75) is 65.8 Å². The topological polar surface area (TPSA) is 12.0 Å². The minimum Gasteiger partial charge on any atom is -0.310 e. The molecular weight excluding hydrogens is 310 g/mol. The van der Waals surface area contributed by atoms with Crippen molar-refractivity contribution in [3.05, 3.63) is 33.8 Å². The molecule has 0 fully saturated rings. The smallest absolute Gasteiger partial charge is 0.0325 e. The third-order valence-electron chi connectivity index (χ3n) is 4.17. The lowest BCUT2D eigenvalue weighted by atomic mass is 9.88. The summed E-state index contributed by atoms with van der Waals surface area (Å²) in [5.74, 6) is 0.835. The van der Waals surface area contributed by atoms with Crippen LogP contribution < -0.4 is 5.32 Å². The molecule has 1 aromatic rings. The Morgan fingerprint density at radius 2 is 1.95 bits per heavy atom. The van der Waals surface area contributed by atoms with Gasteiger partial charge < -0.3 is 5.32 Å². The summed E-state index contributed by atoms with van der Waals surface area (Å²) >= 11 is 3.56. The summed E-state index contributed by atoms with van der Waals surface area (Å²) in [6.45, 7) is 10.1. The molecule has 1 N–H and O–H groups in total. The van der Waals surface area contributed by atoms with Gasteiger partial charge in [0.1, 0.15) is 0 Å². The van der Waals surface area contributed by atoms with Gasteiger partial charge in [0.15, 0.2) is 0 Å². The van der Waals surface area contributed by atoms with Crippen LogP contribution in [0.1, 0.15) is 70.0 Å². The molecule has 20 heavy (non-hydrogen) atoms. The van der Waals surface area contributed by atoms with Gasteiger partial charge in [0, 0.05) is 10.5 Å². The second-order valence-electron chi connectivity index (χ2n) is 5.76. The first-order chi connectivity index (χ1) is 9.62. The van der Waals surface area contributed by atoms with Crippen molar-refractivity contribution in [1.29, 1.82) is 0 Å². The number of nitrogens with one attached hydrogen (secondary N) is 1. The van der Waals surface area contributed by atoms with Gasteiger partial charge in [-0.2, -0.15) is 0 Å². The van der Waals surface area contributed by atoms with Gasteiger partial charge in [0.05, 0.1) is 0 Å². The highest BCUT2D eigenvalue weighted by molar-refractivity contribution is 9.10. The van der Waals surface area contributed by atoms with E-state index < -0.39 is 0 Å². The normalized spacial score (nSPS) is 14.2. The molecule has 1 nitrogen and oxygen atoms in total. The largest absolute Gasteiger partial charge is 0.310 e. The number of hydrogen-bond donors (Lipinski definition) is 1. The van der Waals surface area contributed by atoms with Gasteiger partial charge in [-0.3, -0.25) is 0 Å². The molecule has 2 atom stereocenters. The number of hydrogen-bond acceptors (Lipinski definition) is 1. The Bertz CT molecular complexity index is 389. The van der Waals surface area contributed by atoms with Crippen LogP contribution in [-0.4, -0.2) is 6.54 Å². The van der Waals surface area contributed by atoms with E-state index in [2.05, 4.69) is 67.1 Å². The Balaban J connectivity index is 2.81. The van der Waals surface area contributed by atoms with Crippen molar-refractivity contribution in [2.24, 2.45) is 5.92 Å².